The van der Waals surface area contributed by atoms with E-state index in [1.807, 2.05) is 19.9 Å². The predicted octanol–water partition coefficient (Wildman–Crippen LogP) is 0.187. The van der Waals surface area contributed by atoms with Crippen LogP contribution in [0, 0.1) is 6.92 Å². The second-order valence-electron chi connectivity index (χ2n) is 4.71. The van der Waals surface area contributed by atoms with Crippen LogP contribution >= 0.6 is 0 Å². The van der Waals surface area contributed by atoms with Crippen molar-refractivity contribution in [1.82, 2.24) is 30.3 Å². The number of amides is 1. The molecule has 0 aromatic carbocycles. The van der Waals surface area contributed by atoms with Gasteiger partial charge in [-0.1, -0.05) is 5.21 Å². The maximum Gasteiger partial charge on any atom is 0.273 e. The van der Waals surface area contributed by atoms with Crippen LogP contribution in [0.5, 0.6) is 0 Å². The van der Waals surface area contributed by atoms with Gasteiger partial charge in [0.25, 0.3) is 5.91 Å². The molecule has 3 N–H and O–H groups in total. The summed E-state index contributed by atoms with van der Waals surface area (Å²) in [6.45, 7) is 5.66. The van der Waals surface area contributed by atoms with Gasteiger partial charge in [-0.25, -0.2) is 4.98 Å². The fraction of sp³-hybridized carbons (Fsp3) is 0.462. The molecule has 0 radical (unpaired) electrons. The third-order valence-electron chi connectivity index (χ3n) is 2.74. The Kier molecular flexibility index (Phi) is 5.23. The van der Waals surface area contributed by atoms with Crippen molar-refractivity contribution >= 4 is 17.7 Å². The molecule has 2 heterocycles. The fourth-order valence-electron chi connectivity index (χ4n) is 1.81. The molecule has 0 unspecified atom stereocenters. The van der Waals surface area contributed by atoms with E-state index in [4.69, 9.17) is 0 Å². The van der Waals surface area contributed by atoms with Gasteiger partial charge in [-0.05, 0) is 13.8 Å². The molecular weight excluding hydrogens is 284 g/mol. The zero-order valence-electron chi connectivity index (χ0n) is 12.9. The summed E-state index contributed by atoms with van der Waals surface area (Å²) in [5.74, 6) is 1.05. The van der Waals surface area contributed by atoms with Crippen molar-refractivity contribution in [2.24, 2.45) is 7.05 Å². The standard InChI is InChI=1S/C13H20N8O/c1-4-14-11-7-9(2)17-13(18-11)16-6-5-15-12(22)10-8-21(3)20-19-10/h7-8H,4-6H2,1-3H3,(H,15,22)(H2,14,16,17,18). The Morgan fingerprint density at radius 3 is 2.77 bits per heavy atom. The summed E-state index contributed by atoms with van der Waals surface area (Å²) < 4.78 is 1.48. The van der Waals surface area contributed by atoms with Gasteiger partial charge < -0.3 is 16.0 Å². The first-order chi connectivity index (χ1) is 10.6. The highest BCUT2D eigenvalue weighted by Crippen LogP contribution is 2.08. The summed E-state index contributed by atoms with van der Waals surface area (Å²) in [4.78, 5) is 20.4. The third-order valence-corrected chi connectivity index (χ3v) is 2.74. The number of aromatic nitrogens is 5. The van der Waals surface area contributed by atoms with Crippen LogP contribution < -0.4 is 16.0 Å². The molecular formula is C13H20N8O. The van der Waals surface area contributed by atoms with Gasteiger partial charge in [0, 0.05) is 38.4 Å². The number of hydrogen-bond donors (Lipinski definition) is 3. The average Bonchev–Trinajstić information content (AvgIpc) is 2.90. The van der Waals surface area contributed by atoms with Crippen LogP contribution in [-0.2, 0) is 7.05 Å². The van der Waals surface area contributed by atoms with Crippen molar-refractivity contribution in [3.8, 4) is 0 Å². The SMILES string of the molecule is CCNc1cc(C)nc(NCCNC(=O)c2cn(C)nn2)n1. The maximum atomic E-state index is 11.8. The van der Waals surface area contributed by atoms with Gasteiger partial charge in [-0.3, -0.25) is 9.48 Å². The molecule has 0 bridgehead atoms. The first-order valence-electron chi connectivity index (χ1n) is 7.06. The molecule has 0 saturated heterocycles. The van der Waals surface area contributed by atoms with Crippen molar-refractivity contribution in [3.05, 3.63) is 23.7 Å². The van der Waals surface area contributed by atoms with Crippen LogP contribution in [0.25, 0.3) is 0 Å². The largest absolute Gasteiger partial charge is 0.370 e. The van der Waals surface area contributed by atoms with Gasteiger partial charge in [-0.15, -0.1) is 5.10 Å². The van der Waals surface area contributed by atoms with E-state index in [0.717, 1.165) is 18.1 Å². The molecule has 2 rings (SSSR count). The van der Waals surface area contributed by atoms with Crippen LogP contribution in [0.2, 0.25) is 0 Å². The number of anilines is 2. The molecule has 22 heavy (non-hydrogen) atoms. The highest BCUT2D eigenvalue weighted by atomic mass is 16.2. The topological polar surface area (TPSA) is 110 Å². The Labute approximate surface area is 128 Å². The Morgan fingerprint density at radius 2 is 2.09 bits per heavy atom. The summed E-state index contributed by atoms with van der Waals surface area (Å²) in [6, 6.07) is 1.88. The zero-order chi connectivity index (χ0) is 15.9. The Balaban J connectivity index is 1.80. The Bertz CT molecular complexity index is 639. The van der Waals surface area contributed by atoms with E-state index < -0.39 is 0 Å². The summed E-state index contributed by atoms with van der Waals surface area (Å²) in [6.07, 6.45) is 1.56. The molecule has 0 aliphatic rings. The minimum absolute atomic E-state index is 0.256. The molecule has 0 saturated carbocycles. The quantitative estimate of drug-likeness (QED) is 0.626. The van der Waals surface area contributed by atoms with Crippen LogP contribution in [0.15, 0.2) is 12.3 Å². The summed E-state index contributed by atoms with van der Waals surface area (Å²) in [5.41, 5.74) is 1.17. The van der Waals surface area contributed by atoms with Gasteiger partial charge >= 0.3 is 0 Å². The lowest BCUT2D eigenvalue weighted by atomic mass is 10.4. The second kappa shape index (κ2) is 7.34. The summed E-state index contributed by atoms with van der Waals surface area (Å²) >= 11 is 0. The maximum absolute atomic E-state index is 11.8. The number of nitrogens with one attached hydrogen (secondary N) is 3. The molecule has 2 aromatic heterocycles. The van der Waals surface area contributed by atoms with E-state index in [1.54, 1.807) is 13.2 Å². The monoisotopic (exact) mass is 304 g/mol. The highest BCUT2D eigenvalue weighted by Gasteiger charge is 2.08. The average molecular weight is 304 g/mol. The van der Waals surface area contributed by atoms with Crippen molar-refractivity contribution in [1.29, 1.82) is 0 Å². The number of carbonyl (C=O) groups excluding carboxylic acids is 1. The molecule has 118 valence electrons. The van der Waals surface area contributed by atoms with Crippen LogP contribution in [0.3, 0.4) is 0 Å². The smallest absolute Gasteiger partial charge is 0.273 e. The molecule has 0 spiro atoms. The normalized spacial score (nSPS) is 10.3. The number of hydrogen-bond acceptors (Lipinski definition) is 7. The fourth-order valence-corrected chi connectivity index (χ4v) is 1.81. The Hall–Kier alpha value is -2.71. The van der Waals surface area contributed by atoms with Crippen LogP contribution in [-0.4, -0.2) is 50.5 Å². The van der Waals surface area contributed by atoms with E-state index in [0.29, 0.717) is 24.7 Å². The molecule has 9 heteroatoms. The molecule has 9 nitrogen and oxygen atoms in total. The number of nitrogens with zero attached hydrogens (tertiary/aromatic N) is 5. The zero-order valence-corrected chi connectivity index (χ0v) is 12.9. The van der Waals surface area contributed by atoms with Gasteiger partial charge in [0.1, 0.15) is 5.82 Å². The highest BCUT2D eigenvalue weighted by molar-refractivity contribution is 5.91. The van der Waals surface area contributed by atoms with E-state index in [2.05, 4.69) is 36.2 Å². The molecule has 0 aliphatic heterocycles. The second-order valence-corrected chi connectivity index (χ2v) is 4.71. The lowest BCUT2D eigenvalue weighted by Crippen LogP contribution is -2.29. The first-order valence-corrected chi connectivity index (χ1v) is 7.06. The summed E-state index contributed by atoms with van der Waals surface area (Å²) in [5, 5.41) is 16.4. The van der Waals surface area contributed by atoms with Crippen LogP contribution in [0.1, 0.15) is 23.1 Å². The van der Waals surface area contributed by atoms with Gasteiger partial charge in [0.15, 0.2) is 5.69 Å². The minimum Gasteiger partial charge on any atom is -0.370 e. The third kappa shape index (κ3) is 4.40. The van der Waals surface area contributed by atoms with Gasteiger partial charge in [0.2, 0.25) is 5.95 Å². The number of aryl methyl sites for hydroxylation is 2. The van der Waals surface area contributed by atoms with E-state index in [9.17, 15) is 4.79 Å². The molecule has 2 aromatic rings. The summed E-state index contributed by atoms with van der Waals surface area (Å²) in [7, 11) is 1.71. The minimum atomic E-state index is -0.256. The first kappa shape index (κ1) is 15.7. The number of carbonyl (C=O) groups is 1. The molecule has 0 fully saturated rings. The van der Waals surface area contributed by atoms with Crippen molar-refractivity contribution in [2.45, 2.75) is 13.8 Å². The molecule has 0 atom stereocenters. The van der Waals surface area contributed by atoms with Crippen molar-refractivity contribution < 1.29 is 4.79 Å². The van der Waals surface area contributed by atoms with Crippen molar-refractivity contribution in [3.63, 3.8) is 0 Å². The van der Waals surface area contributed by atoms with E-state index in [1.165, 1.54) is 4.68 Å². The van der Waals surface area contributed by atoms with E-state index >= 15 is 0 Å². The van der Waals surface area contributed by atoms with E-state index in [-0.39, 0.29) is 5.91 Å². The Morgan fingerprint density at radius 1 is 1.27 bits per heavy atom. The lowest BCUT2D eigenvalue weighted by Gasteiger charge is -2.09. The number of rotatable bonds is 7. The molecule has 0 aliphatic carbocycles. The lowest BCUT2D eigenvalue weighted by molar-refractivity contribution is 0.0950. The van der Waals surface area contributed by atoms with Crippen molar-refractivity contribution in [2.75, 3.05) is 30.3 Å². The molecule has 1 amide bonds. The predicted molar refractivity (Wildman–Crippen MR) is 82.8 cm³/mol. The van der Waals surface area contributed by atoms with Gasteiger partial charge in [0.05, 0.1) is 6.20 Å². The van der Waals surface area contributed by atoms with Gasteiger partial charge in [-0.2, -0.15) is 4.98 Å². The van der Waals surface area contributed by atoms with Crippen LogP contribution in [0.4, 0.5) is 11.8 Å².